The third-order valence-electron chi connectivity index (χ3n) is 4.95. The zero-order chi connectivity index (χ0) is 16.5. The van der Waals surface area contributed by atoms with Gasteiger partial charge in [0.1, 0.15) is 5.82 Å². The molecule has 2 amide bonds. The summed E-state index contributed by atoms with van der Waals surface area (Å²) in [6, 6.07) is 11.1. The first-order chi connectivity index (χ1) is 11.7. The van der Waals surface area contributed by atoms with Gasteiger partial charge in [0.2, 0.25) is 0 Å². The molecule has 24 heavy (non-hydrogen) atoms. The largest absolute Gasteiger partial charge is 0.322 e. The van der Waals surface area contributed by atoms with Crippen molar-refractivity contribution in [3.05, 3.63) is 52.5 Å². The molecule has 0 spiro atoms. The second kappa shape index (κ2) is 6.53. The highest BCUT2D eigenvalue weighted by Gasteiger charge is 2.41. The van der Waals surface area contributed by atoms with Crippen LogP contribution in [0.4, 0.5) is 14.9 Å². The van der Waals surface area contributed by atoms with Crippen LogP contribution in [0.15, 0.2) is 41.8 Å². The van der Waals surface area contributed by atoms with Gasteiger partial charge in [-0.2, -0.15) is 0 Å². The van der Waals surface area contributed by atoms with Crippen LogP contribution in [0.2, 0.25) is 0 Å². The number of carbonyl (C=O) groups is 1. The topological polar surface area (TPSA) is 35.6 Å². The lowest BCUT2D eigenvalue weighted by atomic mass is 10.2. The number of hydrogen-bond donors (Lipinski definition) is 1. The summed E-state index contributed by atoms with van der Waals surface area (Å²) in [6.07, 6.45) is 2.25. The average Bonchev–Trinajstić information content (AvgIpc) is 3.16. The summed E-state index contributed by atoms with van der Waals surface area (Å²) < 4.78 is 13.7. The molecule has 0 saturated carbocycles. The minimum absolute atomic E-state index is 0.201. The van der Waals surface area contributed by atoms with Gasteiger partial charge in [0.25, 0.3) is 0 Å². The Balaban J connectivity index is 1.41. The Kier molecular flexibility index (Phi) is 4.24. The summed E-state index contributed by atoms with van der Waals surface area (Å²) >= 11 is 1.78. The van der Waals surface area contributed by atoms with Crippen molar-refractivity contribution >= 4 is 23.1 Å². The van der Waals surface area contributed by atoms with Crippen molar-refractivity contribution in [2.24, 2.45) is 0 Å². The SMILES string of the molecule is O=C(Nc1ccccc1F)N1CC2CCC(C1)N2Cc1cccs1. The first-order valence-electron chi connectivity index (χ1n) is 8.29. The van der Waals surface area contributed by atoms with Crippen LogP contribution in [0.5, 0.6) is 0 Å². The Bertz CT molecular complexity index is 707. The van der Waals surface area contributed by atoms with Crippen LogP contribution in [0.1, 0.15) is 17.7 Å². The Morgan fingerprint density at radius 1 is 1.17 bits per heavy atom. The molecular formula is C18H20FN3OS. The molecule has 2 saturated heterocycles. The third-order valence-corrected chi connectivity index (χ3v) is 5.82. The van der Waals surface area contributed by atoms with Crippen molar-refractivity contribution in [2.45, 2.75) is 31.5 Å². The molecule has 4 rings (SSSR count). The average molecular weight is 345 g/mol. The molecule has 3 heterocycles. The highest BCUT2D eigenvalue weighted by Crippen LogP contribution is 2.32. The van der Waals surface area contributed by atoms with Crippen molar-refractivity contribution in [1.82, 2.24) is 9.80 Å². The molecule has 1 aromatic carbocycles. The Morgan fingerprint density at radius 3 is 2.58 bits per heavy atom. The lowest BCUT2D eigenvalue weighted by molar-refractivity contribution is 0.0820. The van der Waals surface area contributed by atoms with Crippen LogP contribution in [0.3, 0.4) is 0 Å². The van der Waals surface area contributed by atoms with Gasteiger partial charge >= 0.3 is 6.03 Å². The number of nitrogens with zero attached hydrogens (tertiary/aromatic N) is 2. The highest BCUT2D eigenvalue weighted by atomic mass is 32.1. The van der Waals surface area contributed by atoms with Crippen molar-refractivity contribution in [1.29, 1.82) is 0 Å². The summed E-state index contributed by atoms with van der Waals surface area (Å²) in [5, 5.41) is 4.81. The van der Waals surface area contributed by atoms with Crippen LogP contribution in [-0.4, -0.2) is 41.0 Å². The first kappa shape index (κ1) is 15.6. The molecule has 2 unspecified atom stereocenters. The van der Waals surface area contributed by atoms with E-state index in [9.17, 15) is 9.18 Å². The van der Waals surface area contributed by atoms with E-state index in [2.05, 4.69) is 27.7 Å². The molecule has 2 bridgehead atoms. The number of rotatable bonds is 3. The summed E-state index contributed by atoms with van der Waals surface area (Å²) in [4.78, 5) is 18.2. The number of piperazine rings is 1. The second-order valence-electron chi connectivity index (χ2n) is 6.45. The second-order valence-corrected chi connectivity index (χ2v) is 7.48. The number of halogens is 1. The zero-order valence-electron chi connectivity index (χ0n) is 13.3. The molecule has 2 aromatic rings. The fourth-order valence-corrected chi connectivity index (χ4v) is 4.47. The highest BCUT2D eigenvalue weighted by molar-refractivity contribution is 7.09. The van der Waals surface area contributed by atoms with Crippen molar-refractivity contribution in [3.8, 4) is 0 Å². The molecule has 6 heteroatoms. The van der Waals surface area contributed by atoms with Gasteiger partial charge in [-0.1, -0.05) is 18.2 Å². The number of urea groups is 1. The van der Waals surface area contributed by atoms with Crippen molar-refractivity contribution in [2.75, 3.05) is 18.4 Å². The van der Waals surface area contributed by atoms with Crippen molar-refractivity contribution in [3.63, 3.8) is 0 Å². The zero-order valence-corrected chi connectivity index (χ0v) is 14.1. The lowest BCUT2D eigenvalue weighted by Crippen LogP contribution is -2.55. The lowest BCUT2D eigenvalue weighted by Gasteiger charge is -2.40. The molecule has 2 aliphatic heterocycles. The van der Waals surface area contributed by atoms with E-state index in [1.54, 1.807) is 29.5 Å². The molecule has 0 radical (unpaired) electrons. The maximum atomic E-state index is 13.7. The van der Waals surface area contributed by atoms with Gasteiger partial charge in [-0.05, 0) is 36.4 Å². The van der Waals surface area contributed by atoms with E-state index < -0.39 is 5.82 Å². The Labute approximate surface area is 144 Å². The summed E-state index contributed by atoms with van der Waals surface area (Å²) in [5.74, 6) is -0.398. The fraction of sp³-hybridized carbons (Fsp3) is 0.389. The van der Waals surface area contributed by atoms with Gasteiger partial charge in [0.15, 0.2) is 0 Å². The maximum Gasteiger partial charge on any atom is 0.322 e. The monoisotopic (exact) mass is 345 g/mol. The number of thiophene rings is 1. The van der Waals surface area contributed by atoms with Crippen LogP contribution < -0.4 is 5.32 Å². The molecule has 1 N–H and O–H groups in total. The van der Waals surface area contributed by atoms with E-state index in [1.165, 1.54) is 10.9 Å². The molecular weight excluding hydrogens is 325 g/mol. The Hall–Kier alpha value is -1.92. The number of para-hydroxylation sites is 1. The third kappa shape index (κ3) is 3.03. The molecule has 2 atom stereocenters. The van der Waals surface area contributed by atoms with Crippen LogP contribution in [0.25, 0.3) is 0 Å². The minimum Gasteiger partial charge on any atom is -0.321 e. The quantitative estimate of drug-likeness (QED) is 0.919. The summed E-state index contributed by atoms with van der Waals surface area (Å²) in [5.41, 5.74) is 0.246. The maximum absolute atomic E-state index is 13.7. The van der Waals surface area contributed by atoms with Crippen LogP contribution >= 0.6 is 11.3 Å². The number of likely N-dealkylation sites (tertiary alicyclic amines) is 1. The van der Waals surface area contributed by atoms with E-state index in [0.717, 1.165) is 19.4 Å². The predicted octanol–water partition coefficient (Wildman–Crippen LogP) is 3.77. The van der Waals surface area contributed by atoms with E-state index in [-0.39, 0.29) is 11.7 Å². The van der Waals surface area contributed by atoms with Gasteiger partial charge in [-0.15, -0.1) is 11.3 Å². The van der Waals surface area contributed by atoms with Gasteiger partial charge < -0.3 is 10.2 Å². The standard InChI is InChI=1S/C18H20FN3OS/c19-16-5-1-2-6-17(16)20-18(23)21-10-13-7-8-14(11-21)22(13)12-15-4-3-9-24-15/h1-6,9,13-14H,7-8,10-12H2,(H,20,23). The normalized spacial score (nSPS) is 23.5. The summed E-state index contributed by atoms with van der Waals surface area (Å²) in [7, 11) is 0. The van der Waals surface area contributed by atoms with Gasteiger partial charge in [-0.25, -0.2) is 9.18 Å². The number of amides is 2. The number of nitrogens with one attached hydrogen (secondary N) is 1. The van der Waals surface area contributed by atoms with Gasteiger partial charge in [-0.3, -0.25) is 4.90 Å². The van der Waals surface area contributed by atoms with Gasteiger partial charge in [0.05, 0.1) is 5.69 Å². The molecule has 126 valence electrons. The van der Waals surface area contributed by atoms with Crippen LogP contribution in [-0.2, 0) is 6.54 Å². The smallest absolute Gasteiger partial charge is 0.321 e. The number of carbonyl (C=O) groups excluding carboxylic acids is 1. The molecule has 4 nitrogen and oxygen atoms in total. The first-order valence-corrected chi connectivity index (χ1v) is 9.17. The molecule has 0 aliphatic carbocycles. The summed E-state index contributed by atoms with van der Waals surface area (Å²) in [6.45, 7) is 2.39. The number of anilines is 1. The Morgan fingerprint density at radius 2 is 1.92 bits per heavy atom. The molecule has 1 aromatic heterocycles. The van der Waals surface area contributed by atoms with Crippen molar-refractivity contribution < 1.29 is 9.18 Å². The number of fused-ring (bicyclic) bond motifs is 2. The van der Waals surface area contributed by atoms with E-state index in [4.69, 9.17) is 0 Å². The fourth-order valence-electron chi connectivity index (χ4n) is 3.75. The minimum atomic E-state index is -0.398. The molecule has 2 fully saturated rings. The number of hydrogen-bond acceptors (Lipinski definition) is 3. The molecule has 2 aliphatic rings. The van der Waals surface area contributed by atoms with Crippen LogP contribution in [0, 0.1) is 5.82 Å². The predicted molar refractivity (Wildman–Crippen MR) is 93.7 cm³/mol. The van der Waals surface area contributed by atoms with E-state index >= 15 is 0 Å². The van der Waals surface area contributed by atoms with Gasteiger partial charge in [0, 0.05) is 36.6 Å². The number of benzene rings is 1. The van der Waals surface area contributed by atoms with E-state index in [1.807, 2.05) is 4.90 Å². The van der Waals surface area contributed by atoms with E-state index in [0.29, 0.717) is 25.2 Å².